The molecule has 0 spiro atoms. The second-order valence-electron chi connectivity index (χ2n) is 11.4. The first-order valence-electron chi connectivity index (χ1n) is 14.2. The van der Waals surface area contributed by atoms with E-state index in [1.807, 2.05) is 58.0 Å². The molecule has 0 aliphatic carbocycles. The molecule has 0 saturated carbocycles. The zero-order valence-corrected chi connectivity index (χ0v) is 25.3. The number of hydrogen-bond acceptors (Lipinski definition) is 7. The summed E-state index contributed by atoms with van der Waals surface area (Å²) < 4.78 is 1.32. The lowest BCUT2D eigenvalue weighted by Crippen LogP contribution is -2.41. The molecule has 4 aromatic rings. The minimum absolute atomic E-state index is 0.0434. The molecular weight excluding hydrogens is 556 g/mol. The highest BCUT2D eigenvalue weighted by molar-refractivity contribution is 5.97. The average molecular weight is 595 g/mol. The fourth-order valence-corrected chi connectivity index (χ4v) is 4.66. The third-order valence-corrected chi connectivity index (χ3v) is 6.97. The molecule has 0 bridgehead atoms. The molecule has 0 saturated heterocycles. The molecule has 228 valence electrons. The second kappa shape index (κ2) is 13.2. The number of amidine groups is 1. The molecule has 11 nitrogen and oxygen atoms in total. The molecule has 4 rings (SSSR count). The van der Waals surface area contributed by atoms with Gasteiger partial charge in [0.2, 0.25) is 5.91 Å². The number of nitrogens with two attached hydrogens (primary N) is 2. The van der Waals surface area contributed by atoms with Crippen molar-refractivity contribution in [2.75, 3.05) is 11.1 Å². The van der Waals surface area contributed by atoms with Crippen molar-refractivity contribution in [1.82, 2.24) is 20.2 Å². The minimum atomic E-state index is -0.665. The molecule has 44 heavy (non-hydrogen) atoms. The summed E-state index contributed by atoms with van der Waals surface area (Å²) in [6, 6.07) is 21.3. The Balaban J connectivity index is 1.64. The van der Waals surface area contributed by atoms with E-state index < -0.39 is 17.0 Å². The lowest BCUT2D eigenvalue weighted by Gasteiger charge is -2.27. The number of nitrogens with zero attached hydrogens (tertiary/aromatic N) is 2. The lowest BCUT2D eigenvalue weighted by molar-refractivity contribution is -0.121. The summed E-state index contributed by atoms with van der Waals surface area (Å²) in [4.78, 5) is 44.4. The van der Waals surface area contributed by atoms with Crippen molar-refractivity contribution < 1.29 is 9.59 Å². The van der Waals surface area contributed by atoms with Crippen LogP contribution in [0.15, 0.2) is 83.8 Å². The van der Waals surface area contributed by atoms with Crippen molar-refractivity contribution in [3.05, 3.63) is 112 Å². The Kier molecular flexibility index (Phi) is 9.47. The highest BCUT2D eigenvalue weighted by atomic mass is 16.2. The maximum absolute atomic E-state index is 13.6. The van der Waals surface area contributed by atoms with Gasteiger partial charge in [-0.15, -0.1) is 0 Å². The van der Waals surface area contributed by atoms with E-state index in [-0.39, 0.29) is 36.7 Å². The van der Waals surface area contributed by atoms with E-state index in [1.54, 1.807) is 42.5 Å². The number of carbonyl (C=O) groups excluding carboxylic acids is 2. The summed E-state index contributed by atoms with van der Waals surface area (Å²) in [7, 11) is 0. The zero-order chi connectivity index (χ0) is 32.0. The van der Waals surface area contributed by atoms with Gasteiger partial charge in [0.1, 0.15) is 12.4 Å². The summed E-state index contributed by atoms with van der Waals surface area (Å²) >= 11 is 0. The van der Waals surface area contributed by atoms with Crippen LogP contribution < -0.4 is 33.0 Å². The van der Waals surface area contributed by atoms with Gasteiger partial charge in [-0.25, -0.2) is 4.98 Å². The number of amides is 2. The van der Waals surface area contributed by atoms with Crippen molar-refractivity contribution in [2.45, 2.75) is 52.4 Å². The van der Waals surface area contributed by atoms with Crippen LogP contribution in [0.1, 0.15) is 54.7 Å². The van der Waals surface area contributed by atoms with Crippen LogP contribution >= 0.6 is 0 Å². The number of hydrogen-bond donors (Lipinski definition) is 6. The Hall–Kier alpha value is -5.45. The normalized spacial score (nSPS) is 11.2. The molecule has 0 radical (unpaired) electrons. The third kappa shape index (κ3) is 7.68. The van der Waals surface area contributed by atoms with Crippen LogP contribution in [0.5, 0.6) is 0 Å². The molecule has 1 heterocycles. The van der Waals surface area contributed by atoms with Gasteiger partial charge in [0.15, 0.2) is 5.82 Å². The standard InChI is InChI=1S/C33H38N8O3/c1-20(2)39-30-32(44)41(19-28(42)37-17-21-10-12-22(13-11-21)29(35)36)27(18-38-30)23-14-24(16-26(34)15-23)31(43)40-33(3,4)25-8-6-5-7-9-25/h5-16,18,20H,17,19,34H2,1-4H3,(H3,35,36)(H,37,42)(H,38,39)(H,40,43). The van der Waals surface area contributed by atoms with Crippen molar-refractivity contribution >= 4 is 29.2 Å². The van der Waals surface area contributed by atoms with E-state index in [2.05, 4.69) is 20.9 Å². The molecule has 8 N–H and O–H groups in total. The number of rotatable bonds is 11. The molecule has 11 heteroatoms. The van der Waals surface area contributed by atoms with Crippen LogP contribution in [0.3, 0.4) is 0 Å². The Morgan fingerprint density at radius 1 is 1.00 bits per heavy atom. The topological polar surface area (TPSA) is 181 Å². The van der Waals surface area contributed by atoms with E-state index in [4.69, 9.17) is 16.9 Å². The molecule has 0 aliphatic rings. The smallest absolute Gasteiger partial charge is 0.294 e. The Bertz CT molecular complexity index is 1730. The fourth-order valence-electron chi connectivity index (χ4n) is 4.66. The van der Waals surface area contributed by atoms with Crippen molar-refractivity contribution in [1.29, 1.82) is 5.41 Å². The highest BCUT2D eigenvalue weighted by Gasteiger charge is 2.24. The third-order valence-electron chi connectivity index (χ3n) is 6.97. The largest absolute Gasteiger partial charge is 0.399 e. The van der Waals surface area contributed by atoms with Gasteiger partial charge < -0.3 is 27.4 Å². The summed E-state index contributed by atoms with van der Waals surface area (Å²) in [6.07, 6.45) is 1.49. The van der Waals surface area contributed by atoms with Crippen LogP contribution in [0.25, 0.3) is 11.3 Å². The summed E-state index contributed by atoms with van der Waals surface area (Å²) in [5.41, 5.74) is 14.3. The highest BCUT2D eigenvalue weighted by Crippen LogP contribution is 2.25. The van der Waals surface area contributed by atoms with Gasteiger partial charge in [-0.2, -0.15) is 0 Å². The number of aromatic nitrogens is 2. The van der Waals surface area contributed by atoms with Gasteiger partial charge in [0.05, 0.1) is 17.4 Å². The van der Waals surface area contributed by atoms with E-state index in [9.17, 15) is 14.4 Å². The monoisotopic (exact) mass is 594 g/mol. The predicted octanol–water partition coefficient (Wildman–Crippen LogP) is 3.58. The zero-order valence-electron chi connectivity index (χ0n) is 25.3. The number of nitrogen functional groups attached to an aromatic ring is 2. The average Bonchev–Trinajstić information content (AvgIpc) is 2.98. The van der Waals surface area contributed by atoms with Crippen LogP contribution in [0.4, 0.5) is 11.5 Å². The maximum Gasteiger partial charge on any atom is 0.294 e. The van der Waals surface area contributed by atoms with Gasteiger partial charge in [0.25, 0.3) is 11.5 Å². The SMILES string of the molecule is CC(C)Nc1ncc(-c2cc(N)cc(C(=O)NC(C)(C)c3ccccc3)c2)n(CC(=O)NCc2ccc(C(=N)N)cc2)c1=O. The van der Waals surface area contributed by atoms with E-state index in [0.717, 1.165) is 11.1 Å². The molecule has 2 amide bonds. The van der Waals surface area contributed by atoms with Gasteiger partial charge >= 0.3 is 0 Å². The van der Waals surface area contributed by atoms with Crippen molar-refractivity contribution in [3.63, 3.8) is 0 Å². The van der Waals surface area contributed by atoms with Crippen LogP contribution in [0, 0.1) is 5.41 Å². The second-order valence-corrected chi connectivity index (χ2v) is 11.4. The van der Waals surface area contributed by atoms with Gasteiger partial charge in [-0.1, -0.05) is 54.6 Å². The maximum atomic E-state index is 13.6. The fraction of sp³-hybridized carbons (Fsp3) is 0.242. The molecular formula is C33H38N8O3. The summed E-state index contributed by atoms with van der Waals surface area (Å²) in [5.74, 6) is -0.695. The van der Waals surface area contributed by atoms with Crippen molar-refractivity contribution in [2.24, 2.45) is 5.73 Å². The van der Waals surface area contributed by atoms with Crippen LogP contribution in [-0.2, 0) is 23.4 Å². The van der Waals surface area contributed by atoms with Gasteiger partial charge in [-0.05, 0) is 57.0 Å². The number of benzene rings is 3. The Labute approximate surface area is 256 Å². The molecule has 3 aromatic carbocycles. The first kappa shape index (κ1) is 31.5. The molecule has 0 fully saturated rings. The van der Waals surface area contributed by atoms with Crippen molar-refractivity contribution in [3.8, 4) is 11.3 Å². The number of nitrogens with one attached hydrogen (secondary N) is 4. The van der Waals surface area contributed by atoms with Crippen LogP contribution in [-0.4, -0.2) is 33.2 Å². The minimum Gasteiger partial charge on any atom is -0.399 e. The molecule has 1 aromatic heterocycles. The van der Waals surface area contributed by atoms with E-state index >= 15 is 0 Å². The molecule has 0 atom stereocenters. The summed E-state index contributed by atoms with van der Waals surface area (Å²) in [6.45, 7) is 7.49. The predicted molar refractivity (Wildman–Crippen MR) is 173 cm³/mol. The molecule has 0 unspecified atom stereocenters. The van der Waals surface area contributed by atoms with Gasteiger partial charge in [0, 0.05) is 35.0 Å². The molecule has 0 aliphatic heterocycles. The van der Waals surface area contributed by atoms with Gasteiger partial charge in [-0.3, -0.25) is 24.4 Å². The Morgan fingerprint density at radius 3 is 2.32 bits per heavy atom. The first-order chi connectivity index (χ1) is 20.8. The summed E-state index contributed by atoms with van der Waals surface area (Å²) in [5, 5.41) is 16.4. The lowest BCUT2D eigenvalue weighted by atomic mass is 9.93. The Morgan fingerprint density at radius 2 is 1.68 bits per heavy atom. The number of carbonyl (C=O) groups is 2. The quantitative estimate of drug-likeness (QED) is 0.0872. The van der Waals surface area contributed by atoms with E-state index in [0.29, 0.717) is 28.1 Å². The number of anilines is 2. The first-order valence-corrected chi connectivity index (χ1v) is 14.2. The van der Waals surface area contributed by atoms with E-state index in [1.165, 1.54) is 10.8 Å². The van der Waals surface area contributed by atoms with Crippen LogP contribution in [0.2, 0.25) is 0 Å².